The Labute approximate surface area is 209 Å². The number of nitrogens with one attached hydrogen (secondary N) is 1. The second kappa shape index (κ2) is 12.4. The Morgan fingerprint density at radius 3 is 2.60 bits per heavy atom. The van der Waals surface area contributed by atoms with Crippen LogP contribution >= 0.6 is 11.6 Å². The minimum atomic E-state index is -0.738. The topological polar surface area (TPSA) is 111 Å². The summed E-state index contributed by atoms with van der Waals surface area (Å²) in [6.07, 6.45) is 5.21. The van der Waals surface area contributed by atoms with E-state index in [1.807, 2.05) is 6.07 Å². The van der Waals surface area contributed by atoms with Gasteiger partial charge in [-0.25, -0.2) is 0 Å². The monoisotopic (exact) mass is 503 g/mol. The highest BCUT2D eigenvalue weighted by atomic mass is 35.5. The highest BCUT2D eigenvalue weighted by Gasteiger charge is 2.28. The van der Waals surface area contributed by atoms with Crippen molar-refractivity contribution in [3.05, 3.63) is 63.2 Å². The van der Waals surface area contributed by atoms with Crippen LogP contribution in [0, 0.1) is 10.1 Å². The molecule has 10 heteroatoms. The van der Waals surface area contributed by atoms with Gasteiger partial charge < -0.3 is 19.7 Å². The largest absolute Gasteiger partial charge is 0.490 e. The molecule has 0 heterocycles. The number of hydrogen-bond donors (Lipinski definition) is 1. The maximum Gasteiger partial charge on any atom is 0.311 e. The molecule has 1 N–H and O–H groups in total. The molecule has 0 saturated heterocycles. The van der Waals surface area contributed by atoms with Crippen LogP contribution in [0.2, 0.25) is 5.02 Å². The van der Waals surface area contributed by atoms with Gasteiger partial charge in [0.25, 0.3) is 5.91 Å². The number of amides is 2. The summed E-state index contributed by atoms with van der Waals surface area (Å²) in [7, 11) is 1.32. The number of nitro groups is 1. The SMILES string of the molecule is COc1cc(OCC(=O)N(Cc2cccc(Cl)c2)[C@@H](C)C(=O)NC2CCCCC2)ccc1[N+](=O)[O-]. The maximum absolute atomic E-state index is 13.2. The molecule has 1 atom stereocenters. The fourth-order valence-electron chi connectivity index (χ4n) is 4.11. The summed E-state index contributed by atoms with van der Waals surface area (Å²) in [6.45, 7) is 1.50. The van der Waals surface area contributed by atoms with Gasteiger partial charge in [0.1, 0.15) is 11.8 Å². The second-order valence-electron chi connectivity index (χ2n) is 8.55. The third-order valence-electron chi connectivity index (χ3n) is 6.07. The molecular weight excluding hydrogens is 474 g/mol. The van der Waals surface area contributed by atoms with Crippen molar-refractivity contribution < 1.29 is 24.0 Å². The molecule has 0 aliphatic heterocycles. The highest BCUT2D eigenvalue weighted by Crippen LogP contribution is 2.30. The Bertz CT molecular complexity index is 1060. The number of ether oxygens (including phenoxy) is 2. The Morgan fingerprint density at radius 1 is 1.20 bits per heavy atom. The summed E-state index contributed by atoms with van der Waals surface area (Å²) in [5.74, 6) is -0.364. The van der Waals surface area contributed by atoms with Crippen LogP contribution in [0.3, 0.4) is 0 Å². The number of halogens is 1. The van der Waals surface area contributed by atoms with Gasteiger partial charge >= 0.3 is 5.69 Å². The minimum absolute atomic E-state index is 0.0240. The van der Waals surface area contributed by atoms with Gasteiger partial charge in [0, 0.05) is 29.7 Å². The van der Waals surface area contributed by atoms with Crippen molar-refractivity contribution in [3.8, 4) is 11.5 Å². The van der Waals surface area contributed by atoms with Crippen LogP contribution in [-0.4, -0.2) is 47.4 Å². The van der Waals surface area contributed by atoms with Gasteiger partial charge in [-0.1, -0.05) is 43.0 Å². The van der Waals surface area contributed by atoms with Crippen molar-refractivity contribution in [2.75, 3.05) is 13.7 Å². The fraction of sp³-hybridized carbons (Fsp3) is 0.440. The van der Waals surface area contributed by atoms with Crippen molar-refractivity contribution in [1.29, 1.82) is 0 Å². The number of nitrogens with zero attached hydrogens (tertiary/aromatic N) is 2. The van der Waals surface area contributed by atoms with Crippen LogP contribution in [0.5, 0.6) is 11.5 Å². The fourth-order valence-corrected chi connectivity index (χ4v) is 4.32. The van der Waals surface area contributed by atoms with Crippen LogP contribution in [0.15, 0.2) is 42.5 Å². The van der Waals surface area contributed by atoms with Crippen LogP contribution in [0.1, 0.15) is 44.6 Å². The van der Waals surface area contributed by atoms with Crippen LogP contribution in [-0.2, 0) is 16.1 Å². The minimum Gasteiger partial charge on any atom is -0.490 e. The number of methoxy groups -OCH3 is 1. The number of rotatable bonds is 10. The summed E-state index contributed by atoms with van der Waals surface area (Å²) in [4.78, 5) is 38.2. The molecular formula is C25H30ClN3O6. The Kier molecular flexibility index (Phi) is 9.31. The van der Waals surface area contributed by atoms with Gasteiger partial charge in [-0.3, -0.25) is 19.7 Å². The van der Waals surface area contributed by atoms with Crippen molar-refractivity contribution in [1.82, 2.24) is 10.2 Å². The molecule has 1 fully saturated rings. The predicted molar refractivity (Wildman–Crippen MR) is 132 cm³/mol. The summed E-state index contributed by atoms with van der Waals surface area (Å²) >= 11 is 6.12. The van der Waals surface area contributed by atoms with E-state index in [0.29, 0.717) is 5.02 Å². The molecule has 0 unspecified atom stereocenters. The van der Waals surface area contributed by atoms with Gasteiger partial charge in [0.2, 0.25) is 11.7 Å². The van der Waals surface area contributed by atoms with Crippen molar-refractivity contribution in [3.63, 3.8) is 0 Å². The maximum atomic E-state index is 13.2. The molecule has 0 aromatic heterocycles. The number of hydrogen-bond acceptors (Lipinski definition) is 6. The molecule has 188 valence electrons. The molecule has 1 saturated carbocycles. The van der Waals surface area contributed by atoms with E-state index in [0.717, 1.165) is 31.2 Å². The zero-order valence-corrected chi connectivity index (χ0v) is 20.6. The smallest absolute Gasteiger partial charge is 0.311 e. The third-order valence-corrected chi connectivity index (χ3v) is 6.31. The van der Waals surface area contributed by atoms with Crippen LogP contribution in [0.4, 0.5) is 5.69 Å². The highest BCUT2D eigenvalue weighted by molar-refractivity contribution is 6.30. The zero-order chi connectivity index (χ0) is 25.4. The lowest BCUT2D eigenvalue weighted by Crippen LogP contribution is -2.51. The third kappa shape index (κ3) is 7.32. The second-order valence-corrected chi connectivity index (χ2v) is 8.99. The standard InChI is InChI=1S/C25H30ClN3O6/c1-17(25(31)27-20-9-4-3-5-10-20)28(15-18-7-6-8-19(26)13-18)24(30)16-35-21-11-12-22(29(32)33)23(14-21)34-2/h6-8,11-14,17,20H,3-5,9-10,15-16H2,1-2H3,(H,27,31)/t17-/m0/s1. The molecule has 3 rings (SSSR count). The molecule has 0 bridgehead atoms. The predicted octanol–water partition coefficient (Wildman–Crippen LogP) is 4.50. The van der Waals surface area contributed by atoms with E-state index in [4.69, 9.17) is 21.1 Å². The molecule has 0 spiro atoms. The van der Waals surface area contributed by atoms with E-state index in [9.17, 15) is 19.7 Å². The summed E-state index contributed by atoms with van der Waals surface area (Å²) in [5.41, 5.74) is 0.571. The molecule has 2 aromatic carbocycles. The number of carbonyl (C=O) groups is 2. The normalized spacial score (nSPS) is 14.6. The first-order valence-corrected chi connectivity index (χ1v) is 12.0. The molecule has 9 nitrogen and oxygen atoms in total. The number of benzene rings is 2. The number of nitro benzene ring substituents is 1. The average Bonchev–Trinajstić information content (AvgIpc) is 2.85. The average molecular weight is 504 g/mol. The molecule has 2 aromatic rings. The Hall–Kier alpha value is -3.33. The molecule has 35 heavy (non-hydrogen) atoms. The van der Waals surface area contributed by atoms with E-state index in [-0.39, 0.29) is 42.3 Å². The summed E-state index contributed by atoms with van der Waals surface area (Å²) in [5, 5.41) is 14.7. The van der Waals surface area contributed by atoms with Crippen molar-refractivity contribution in [2.45, 2.75) is 57.7 Å². The van der Waals surface area contributed by atoms with E-state index in [1.165, 1.54) is 36.6 Å². The first-order chi connectivity index (χ1) is 16.8. The summed E-state index contributed by atoms with van der Waals surface area (Å²) in [6, 6.07) is 10.5. The van der Waals surface area contributed by atoms with Crippen LogP contribution < -0.4 is 14.8 Å². The lowest BCUT2D eigenvalue weighted by atomic mass is 9.95. The molecule has 0 radical (unpaired) electrons. The first-order valence-electron chi connectivity index (χ1n) is 11.6. The number of carbonyl (C=O) groups excluding carboxylic acids is 2. The van der Waals surface area contributed by atoms with Gasteiger partial charge in [0.05, 0.1) is 12.0 Å². The van der Waals surface area contributed by atoms with E-state index in [1.54, 1.807) is 25.1 Å². The Balaban J connectivity index is 1.73. The lowest BCUT2D eigenvalue weighted by molar-refractivity contribution is -0.385. The van der Waals surface area contributed by atoms with Gasteiger partial charge in [-0.2, -0.15) is 0 Å². The molecule has 2 amide bonds. The van der Waals surface area contributed by atoms with Crippen molar-refractivity contribution in [2.24, 2.45) is 0 Å². The van der Waals surface area contributed by atoms with Crippen LogP contribution in [0.25, 0.3) is 0 Å². The van der Waals surface area contributed by atoms with Gasteiger partial charge in [-0.15, -0.1) is 0 Å². The first kappa shape index (κ1) is 26.3. The summed E-state index contributed by atoms with van der Waals surface area (Å²) < 4.78 is 10.7. The van der Waals surface area contributed by atoms with E-state index >= 15 is 0 Å². The van der Waals surface area contributed by atoms with Gasteiger partial charge in [-0.05, 0) is 43.5 Å². The molecule has 1 aliphatic carbocycles. The Morgan fingerprint density at radius 2 is 1.94 bits per heavy atom. The van der Waals surface area contributed by atoms with Crippen molar-refractivity contribution >= 4 is 29.1 Å². The zero-order valence-electron chi connectivity index (χ0n) is 19.9. The quantitative estimate of drug-likeness (QED) is 0.377. The molecule has 1 aliphatic rings. The van der Waals surface area contributed by atoms with E-state index < -0.39 is 16.9 Å². The lowest BCUT2D eigenvalue weighted by Gasteiger charge is -2.31. The van der Waals surface area contributed by atoms with E-state index in [2.05, 4.69) is 5.32 Å². The van der Waals surface area contributed by atoms with Gasteiger partial charge in [0.15, 0.2) is 6.61 Å².